The third-order valence-electron chi connectivity index (χ3n) is 2.17. The number of nitrogens with one attached hydrogen (secondary N) is 1. The van der Waals surface area contributed by atoms with Crippen molar-refractivity contribution in [1.29, 1.82) is 0 Å². The number of hydrogen-bond donors (Lipinski definition) is 2. The maximum absolute atomic E-state index is 12.6. The van der Waals surface area contributed by atoms with Gasteiger partial charge in [0.25, 0.3) is 5.91 Å². The molecule has 0 aromatic heterocycles. The minimum Gasteiger partial charge on any atom is -0.399 e. The van der Waals surface area contributed by atoms with E-state index in [-0.39, 0.29) is 5.56 Å². The molecule has 0 saturated carbocycles. The maximum atomic E-state index is 12.6. The molecule has 0 spiro atoms. The van der Waals surface area contributed by atoms with E-state index in [2.05, 4.69) is 0 Å². The van der Waals surface area contributed by atoms with Crippen LogP contribution in [0.15, 0.2) is 18.2 Å². The van der Waals surface area contributed by atoms with Gasteiger partial charge in [0, 0.05) is 11.3 Å². The van der Waals surface area contributed by atoms with Crippen LogP contribution >= 0.6 is 0 Å². The number of carbonyl (C=O) groups excluding carboxylic acids is 1. The van der Waals surface area contributed by atoms with E-state index in [0.29, 0.717) is 11.3 Å². The third kappa shape index (κ3) is 3.61. The monoisotopic (exact) mass is 264 g/mol. The van der Waals surface area contributed by atoms with Crippen molar-refractivity contribution in [2.75, 3.05) is 12.3 Å². The summed E-state index contributed by atoms with van der Waals surface area (Å²) in [5, 5.41) is 1.75. The molecule has 1 amide bonds. The molecular formula is C11H12F4N2O. The van der Waals surface area contributed by atoms with Gasteiger partial charge in [-0.15, -0.1) is 0 Å². The number of alkyl halides is 4. The van der Waals surface area contributed by atoms with Crippen molar-refractivity contribution < 1.29 is 22.4 Å². The van der Waals surface area contributed by atoms with Gasteiger partial charge in [-0.05, 0) is 30.7 Å². The number of amides is 1. The molecule has 0 aliphatic rings. The van der Waals surface area contributed by atoms with Gasteiger partial charge in [-0.1, -0.05) is 0 Å². The van der Waals surface area contributed by atoms with Crippen molar-refractivity contribution in [1.82, 2.24) is 5.32 Å². The highest BCUT2D eigenvalue weighted by Crippen LogP contribution is 2.21. The normalized spacial score (nSPS) is 11.7. The fourth-order valence-electron chi connectivity index (χ4n) is 1.32. The van der Waals surface area contributed by atoms with Gasteiger partial charge < -0.3 is 11.1 Å². The number of aryl methyl sites for hydroxylation is 1. The highest BCUT2D eigenvalue weighted by atomic mass is 19.3. The van der Waals surface area contributed by atoms with E-state index in [1.807, 2.05) is 0 Å². The van der Waals surface area contributed by atoms with Gasteiger partial charge in [-0.3, -0.25) is 4.79 Å². The van der Waals surface area contributed by atoms with Crippen LogP contribution in [-0.2, 0) is 0 Å². The Labute approximate surface area is 101 Å². The van der Waals surface area contributed by atoms with Crippen molar-refractivity contribution in [3.05, 3.63) is 29.3 Å². The topological polar surface area (TPSA) is 55.1 Å². The van der Waals surface area contributed by atoms with Gasteiger partial charge in [0.1, 0.15) is 0 Å². The average molecular weight is 264 g/mol. The Bertz CT molecular complexity index is 428. The first kappa shape index (κ1) is 14.3. The zero-order valence-corrected chi connectivity index (χ0v) is 9.51. The molecule has 3 N–H and O–H groups in total. The van der Waals surface area contributed by atoms with Crippen LogP contribution < -0.4 is 11.1 Å². The van der Waals surface area contributed by atoms with E-state index in [4.69, 9.17) is 5.73 Å². The van der Waals surface area contributed by atoms with Gasteiger partial charge in [-0.2, -0.15) is 8.78 Å². The second-order valence-electron chi connectivity index (χ2n) is 3.88. The van der Waals surface area contributed by atoms with Gasteiger partial charge >= 0.3 is 12.3 Å². The molecular weight excluding hydrogens is 252 g/mol. The quantitative estimate of drug-likeness (QED) is 0.647. The second kappa shape index (κ2) is 5.24. The molecule has 1 aromatic carbocycles. The van der Waals surface area contributed by atoms with E-state index in [1.54, 1.807) is 18.3 Å². The lowest BCUT2D eigenvalue weighted by Gasteiger charge is -2.15. The molecule has 0 fully saturated rings. The smallest absolute Gasteiger partial charge is 0.324 e. The predicted octanol–water partition coefficient (Wildman–Crippen LogP) is 2.21. The Morgan fingerprint density at radius 1 is 1.39 bits per heavy atom. The number of carbonyl (C=O) groups is 1. The molecule has 0 aliphatic heterocycles. The van der Waals surface area contributed by atoms with Crippen LogP contribution in [0.3, 0.4) is 0 Å². The number of benzene rings is 1. The van der Waals surface area contributed by atoms with Crippen LogP contribution in [0.2, 0.25) is 0 Å². The number of hydrogen-bond acceptors (Lipinski definition) is 2. The predicted molar refractivity (Wildman–Crippen MR) is 58.9 cm³/mol. The van der Waals surface area contributed by atoms with Gasteiger partial charge in [-0.25, -0.2) is 8.78 Å². The van der Waals surface area contributed by atoms with Crippen LogP contribution in [0.4, 0.5) is 23.2 Å². The van der Waals surface area contributed by atoms with Gasteiger partial charge in [0.05, 0.1) is 6.54 Å². The first-order chi connectivity index (χ1) is 8.22. The van der Waals surface area contributed by atoms with Gasteiger partial charge in [0.2, 0.25) is 0 Å². The SMILES string of the molecule is Cc1cc(N)cc(C(=O)NCC(F)(F)C(F)F)c1. The van der Waals surface area contributed by atoms with Crippen molar-refractivity contribution >= 4 is 11.6 Å². The van der Waals surface area contributed by atoms with E-state index < -0.39 is 24.8 Å². The molecule has 0 saturated heterocycles. The van der Waals surface area contributed by atoms with E-state index in [1.165, 1.54) is 12.1 Å². The lowest BCUT2D eigenvalue weighted by molar-refractivity contribution is -0.123. The molecule has 1 aromatic rings. The third-order valence-corrected chi connectivity index (χ3v) is 2.17. The molecule has 0 unspecified atom stereocenters. The first-order valence-electron chi connectivity index (χ1n) is 5.04. The van der Waals surface area contributed by atoms with Crippen LogP contribution in [0.1, 0.15) is 15.9 Å². The van der Waals surface area contributed by atoms with Gasteiger partial charge in [0.15, 0.2) is 0 Å². The van der Waals surface area contributed by atoms with Crippen LogP contribution in [0, 0.1) is 6.92 Å². The van der Waals surface area contributed by atoms with E-state index >= 15 is 0 Å². The Balaban J connectivity index is 2.72. The number of halogens is 4. The molecule has 100 valence electrons. The van der Waals surface area contributed by atoms with Crippen molar-refractivity contribution in [2.45, 2.75) is 19.3 Å². The fraction of sp³-hybridized carbons (Fsp3) is 0.364. The number of anilines is 1. The zero-order chi connectivity index (χ0) is 13.9. The molecule has 18 heavy (non-hydrogen) atoms. The Morgan fingerprint density at radius 2 is 2.00 bits per heavy atom. The summed E-state index contributed by atoms with van der Waals surface area (Å²) in [5.41, 5.74) is 6.49. The standard InChI is InChI=1S/C11H12F4N2O/c1-6-2-7(4-8(16)3-6)9(18)17-5-11(14,15)10(12)13/h2-4,10H,5,16H2,1H3,(H,17,18). The average Bonchev–Trinajstić information content (AvgIpc) is 2.24. The van der Waals surface area contributed by atoms with E-state index in [0.717, 1.165) is 0 Å². The minimum absolute atomic E-state index is 0.0533. The Kier molecular flexibility index (Phi) is 4.15. The summed E-state index contributed by atoms with van der Waals surface area (Å²) < 4.78 is 48.9. The Hall–Kier alpha value is -1.79. The summed E-state index contributed by atoms with van der Waals surface area (Å²) in [6.45, 7) is 0.248. The lowest BCUT2D eigenvalue weighted by Crippen LogP contribution is -2.41. The summed E-state index contributed by atoms with van der Waals surface area (Å²) in [4.78, 5) is 11.5. The number of nitrogen functional groups attached to an aromatic ring is 1. The van der Waals surface area contributed by atoms with Crippen molar-refractivity contribution in [3.8, 4) is 0 Å². The molecule has 3 nitrogen and oxygen atoms in total. The molecule has 0 aliphatic carbocycles. The second-order valence-corrected chi connectivity index (χ2v) is 3.88. The van der Waals surface area contributed by atoms with Crippen LogP contribution in [0.5, 0.6) is 0 Å². The number of rotatable bonds is 4. The molecule has 0 bridgehead atoms. The summed E-state index contributed by atoms with van der Waals surface area (Å²) in [6.07, 6.45) is -3.82. The Morgan fingerprint density at radius 3 is 2.50 bits per heavy atom. The first-order valence-corrected chi connectivity index (χ1v) is 5.04. The molecule has 0 heterocycles. The number of nitrogens with two attached hydrogens (primary N) is 1. The summed E-state index contributed by atoms with van der Waals surface area (Å²) in [7, 11) is 0. The molecule has 0 radical (unpaired) electrons. The summed E-state index contributed by atoms with van der Waals surface area (Å²) in [5.74, 6) is -5.11. The lowest BCUT2D eigenvalue weighted by atomic mass is 10.1. The summed E-state index contributed by atoms with van der Waals surface area (Å²) in [6, 6.07) is 4.29. The molecule has 1 rings (SSSR count). The van der Waals surface area contributed by atoms with Crippen LogP contribution in [0.25, 0.3) is 0 Å². The van der Waals surface area contributed by atoms with Crippen molar-refractivity contribution in [2.24, 2.45) is 0 Å². The highest BCUT2D eigenvalue weighted by molar-refractivity contribution is 5.95. The van der Waals surface area contributed by atoms with Crippen LogP contribution in [-0.4, -0.2) is 24.8 Å². The van der Waals surface area contributed by atoms with E-state index in [9.17, 15) is 22.4 Å². The minimum atomic E-state index is -4.25. The largest absolute Gasteiger partial charge is 0.399 e. The molecule has 7 heteroatoms. The van der Waals surface area contributed by atoms with Crippen molar-refractivity contribution in [3.63, 3.8) is 0 Å². The maximum Gasteiger partial charge on any atom is 0.324 e. The zero-order valence-electron chi connectivity index (χ0n) is 9.51. The fourth-order valence-corrected chi connectivity index (χ4v) is 1.32. The summed E-state index contributed by atoms with van der Waals surface area (Å²) >= 11 is 0. The highest BCUT2D eigenvalue weighted by Gasteiger charge is 2.40. The molecule has 0 atom stereocenters.